The maximum Gasteiger partial charge on any atom is 0.306 e. The van der Waals surface area contributed by atoms with Gasteiger partial charge in [0, 0.05) is 19.3 Å². The molecule has 1 atom stereocenters. The fourth-order valence-electron chi connectivity index (χ4n) is 6.75. The number of esters is 3. The summed E-state index contributed by atoms with van der Waals surface area (Å²) in [6, 6.07) is 0. The highest BCUT2D eigenvalue weighted by Crippen LogP contribution is 2.16. The van der Waals surface area contributed by atoms with Crippen molar-refractivity contribution in [3.8, 4) is 0 Å². The molecular formula is C46H88O6. The molecule has 0 fully saturated rings. The summed E-state index contributed by atoms with van der Waals surface area (Å²) in [7, 11) is 0. The fourth-order valence-corrected chi connectivity index (χ4v) is 6.75. The summed E-state index contributed by atoms with van der Waals surface area (Å²) in [6.45, 7) is 11.3. The van der Waals surface area contributed by atoms with Crippen molar-refractivity contribution in [3.05, 3.63) is 0 Å². The number of rotatable bonds is 40. The highest BCUT2D eigenvalue weighted by molar-refractivity contribution is 5.71. The van der Waals surface area contributed by atoms with E-state index in [1.54, 1.807) is 0 Å². The van der Waals surface area contributed by atoms with Crippen LogP contribution in [0, 0.1) is 11.8 Å². The van der Waals surface area contributed by atoms with Crippen LogP contribution in [0.2, 0.25) is 0 Å². The summed E-state index contributed by atoms with van der Waals surface area (Å²) in [5, 5.41) is 0. The van der Waals surface area contributed by atoms with Crippen molar-refractivity contribution in [2.24, 2.45) is 11.8 Å². The summed E-state index contributed by atoms with van der Waals surface area (Å²) in [4.78, 5) is 37.6. The van der Waals surface area contributed by atoms with E-state index >= 15 is 0 Å². The van der Waals surface area contributed by atoms with Crippen LogP contribution in [0.15, 0.2) is 0 Å². The lowest BCUT2D eigenvalue weighted by atomic mass is 10.0. The number of ether oxygens (including phenoxy) is 3. The summed E-state index contributed by atoms with van der Waals surface area (Å²) in [6.07, 6.45) is 36.7. The molecule has 0 aromatic rings. The third kappa shape index (κ3) is 39.6. The maximum absolute atomic E-state index is 12.7. The third-order valence-corrected chi connectivity index (χ3v) is 10.2. The van der Waals surface area contributed by atoms with E-state index < -0.39 is 6.10 Å². The second kappa shape index (κ2) is 39.1. The van der Waals surface area contributed by atoms with Crippen molar-refractivity contribution < 1.29 is 28.6 Å². The SMILES string of the molecule is CCCCCCCCCCCCCCC(=O)OC[C@H](COC(=O)CCCCCCCCC(C)C)OC(=O)CCCCCCCCCCCCC(C)C. The highest BCUT2D eigenvalue weighted by atomic mass is 16.6. The second-order valence-corrected chi connectivity index (χ2v) is 16.6. The van der Waals surface area contributed by atoms with Gasteiger partial charge in [0.15, 0.2) is 6.10 Å². The van der Waals surface area contributed by atoms with E-state index in [0.29, 0.717) is 19.3 Å². The van der Waals surface area contributed by atoms with Gasteiger partial charge in [-0.05, 0) is 31.1 Å². The molecule has 0 bridgehead atoms. The minimum Gasteiger partial charge on any atom is -0.462 e. The van der Waals surface area contributed by atoms with Gasteiger partial charge >= 0.3 is 17.9 Å². The smallest absolute Gasteiger partial charge is 0.306 e. The van der Waals surface area contributed by atoms with Gasteiger partial charge in [0.05, 0.1) is 0 Å². The van der Waals surface area contributed by atoms with Crippen molar-refractivity contribution >= 4 is 17.9 Å². The van der Waals surface area contributed by atoms with Crippen LogP contribution in [0.25, 0.3) is 0 Å². The van der Waals surface area contributed by atoms with Crippen LogP contribution in [0.1, 0.15) is 247 Å². The van der Waals surface area contributed by atoms with Gasteiger partial charge in [0.25, 0.3) is 0 Å². The summed E-state index contributed by atoms with van der Waals surface area (Å²) < 4.78 is 16.7. The molecule has 0 radical (unpaired) electrons. The Morgan fingerprint density at radius 3 is 0.942 bits per heavy atom. The van der Waals surface area contributed by atoms with Crippen molar-refractivity contribution in [2.75, 3.05) is 13.2 Å². The van der Waals surface area contributed by atoms with E-state index in [-0.39, 0.29) is 31.1 Å². The standard InChI is InChI=1S/C46H88O6/c1-6-7-8-9-10-11-12-13-17-20-26-31-36-44(47)50-39-43(40-51-45(48)37-32-27-23-22-25-30-35-42(4)5)52-46(49)38-33-28-21-18-15-14-16-19-24-29-34-41(2)3/h41-43H,6-40H2,1-5H3/t43-/m1/s1. The number of carbonyl (C=O) groups excluding carboxylic acids is 3. The van der Waals surface area contributed by atoms with Crippen molar-refractivity contribution in [1.82, 2.24) is 0 Å². The zero-order valence-corrected chi connectivity index (χ0v) is 35.4. The van der Waals surface area contributed by atoms with Crippen LogP contribution >= 0.6 is 0 Å². The Hall–Kier alpha value is -1.59. The van der Waals surface area contributed by atoms with Crippen LogP contribution in [-0.2, 0) is 28.6 Å². The van der Waals surface area contributed by atoms with E-state index in [1.165, 1.54) is 135 Å². The van der Waals surface area contributed by atoms with Crippen molar-refractivity contribution in [3.63, 3.8) is 0 Å². The first-order chi connectivity index (χ1) is 25.2. The average molecular weight is 737 g/mol. The monoisotopic (exact) mass is 737 g/mol. The molecule has 0 rings (SSSR count). The molecule has 0 aliphatic heterocycles. The zero-order valence-electron chi connectivity index (χ0n) is 35.4. The minimum absolute atomic E-state index is 0.0655. The molecule has 0 N–H and O–H groups in total. The van der Waals surface area contributed by atoms with E-state index in [4.69, 9.17) is 14.2 Å². The minimum atomic E-state index is -0.760. The van der Waals surface area contributed by atoms with Crippen LogP contribution in [0.4, 0.5) is 0 Å². The Kier molecular flexibility index (Phi) is 37.9. The predicted octanol–water partition coefficient (Wildman–Crippen LogP) is 14.2. The molecule has 0 saturated heterocycles. The molecule has 0 aromatic heterocycles. The first-order valence-corrected chi connectivity index (χ1v) is 22.7. The van der Waals surface area contributed by atoms with Gasteiger partial charge in [0.2, 0.25) is 0 Å². The maximum atomic E-state index is 12.7. The molecule has 6 heteroatoms. The molecule has 6 nitrogen and oxygen atoms in total. The molecule has 0 saturated carbocycles. The van der Waals surface area contributed by atoms with Crippen LogP contribution in [0.3, 0.4) is 0 Å². The van der Waals surface area contributed by atoms with E-state index in [0.717, 1.165) is 69.6 Å². The third-order valence-electron chi connectivity index (χ3n) is 10.2. The van der Waals surface area contributed by atoms with Gasteiger partial charge in [-0.1, -0.05) is 208 Å². The van der Waals surface area contributed by atoms with Gasteiger partial charge < -0.3 is 14.2 Å². The second-order valence-electron chi connectivity index (χ2n) is 16.6. The Labute approximate surface area is 323 Å². The normalized spacial score (nSPS) is 12.1. The molecule has 0 aliphatic rings. The largest absolute Gasteiger partial charge is 0.462 e. The molecule has 0 aromatic carbocycles. The van der Waals surface area contributed by atoms with Gasteiger partial charge in [-0.3, -0.25) is 14.4 Å². The van der Waals surface area contributed by atoms with Crippen LogP contribution in [0.5, 0.6) is 0 Å². The molecule has 0 aliphatic carbocycles. The quantitative estimate of drug-likeness (QED) is 0.0354. The molecule has 0 spiro atoms. The lowest BCUT2D eigenvalue weighted by Crippen LogP contribution is -2.30. The van der Waals surface area contributed by atoms with E-state index in [1.807, 2.05) is 0 Å². The summed E-state index contributed by atoms with van der Waals surface area (Å²) >= 11 is 0. The van der Waals surface area contributed by atoms with Crippen molar-refractivity contribution in [1.29, 1.82) is 0 Å². The van der Waals surface area contributed by atoms with Crippen molar-refractivity contribution in [2.45, 2.75) is 253 Å². The number of carbonyl (C=O) groups is 3. The van der Waals surface area contributed by atoms with Gasteiger partial charge in [0.1, 0.15) is 13.2 Å². The molecule has 0 unspecified atom stereocenters. The number of hydrogen-bond acceptors (Lipinski definition) is 6. The first kappa shape index (κ1) is 50.4. The highest BCUT2D eigenvalue weighted by Gasteiger charge is 2.19. The number of unbranched alkanes of at least 4 members (excludes halogenated alkanes) is 25. The topological polar surface area (TPSA) is 78.9 Å². The van der Waals surface area contributed by atoms with Crippen LogP contribution in [-0.4, -0.2) is 37.2 Å². The Morgan fingerprint density at radius 1 is 0.365 bits per heavy atom. The average Bonchev–Trinajstić information content (AvgIpc) is 3.11. The van der Waals surface area contributed by atoms with Gasteiger partial charge in [-0.2, -0.15) is 0 Å². The molecule has 308 valence electrons. The summed E-state index contributed by atoms with van der Waals surface area (Å²) in [5.74, 6) is 0.717. The van der Waals surface area contributed by atoms with E-state index in [9.17, 15) is 14.4 Å². The predicted molar refractivity (Wildman–Crippen MR) is 220 cm³/mol. The fraction of sp³-hybridized carbons (Fsp3) is 0.935. The van der Waals surface area contributed by atoms with Crippen LogP contribution < -0.4 is 0 Å². The van der Waals surface area contributed by atoms with Gasteiger partial charge in [-0.25, -0.2) is 0 Å². The lowest BCUT2D eigenvalue weighted by Gasteiger charge is -2.18. The molecular weight excluding hydrogens is 648 g/mol. The lowest BCUT2D eigenvalue weighted by molar-refractivity contribution is -0.167. The van der Waals surface area contributed by atoms with E-state index in [2.05, 4.69) is 34.6 Å². The summed E-state index contributed by atoms with van der Waals surface area (Å²) in [5.41, 5.74) is 0. The van der Waals surface area contributed by atoms with Gasteiger partial charge in [-0.15, -0.1) is 0 Å². The first-order valence-electron chi connectivity index (χ1n) is 22.7. The molecule has 0 amide bonds. The zero-order chi connectivity index (χ0) is 38.3. The molecule has 0 heterocycles. The Morgan fingerprint density at radius 2 is 0.635 bits per heavy atom. The number of hydrogen-bond donors (Lipinski definition) is 0. The molecule has 52 heavy (non-hydrogen) atoms. The Bertz CT molecular complexity index is 794. The Balaban J connectivity index is 4.33.